The van der Waals surface area contributed by atoms with Crippen molar-refractivity contribution in [3.63, 3.8) is 0 Å². The van der Waals surface area contributed by atoms with Crippen LogP contribution >= 0.6 is 11.6 Å². The maximum absolute atomic E-state index is 10.2. The molecule has 6 rings (SSSR count). The predicted molar refractivity (Wildman–Crippen MR) is 154 cm³/mol. The molecule has 5 aromatic rings. The normalized spacial score (nSPS) is 19.2. The van der Waals surface area contributed by atoms with E-state index >= 15 is 0 Å². The Kier molecular flexibility index (Phi) is 7.27. The van der Waals surface area contributed by atoms with Crippen molar-refractivity contribution < 1.29 is 24.8 Å². The summed E-state index contributed by atoms with van der Waals surface area (Å²) in [6.07, 6.45) is 1.95. The maximum Gasteiger partial charge on any atom is 0.296 e. The van der Waals surface area contributed by atoms with Gasteiger partial charge in [-0.3, -0.25) is 0 Å². The molecule has 0 aliphatic carbocycles. The van der Waals surface area contributed by atoms with Crippen molar-refractivity contribution in [2.24, 2.45) is 0 Å². The summed E-state index contributed by atoms with van der Waals surface area (Å²) < 4.78 is 12.9. The summed E-state index contributed by atoms with van der Waals surface area (Å²) in [5.41, 5.74) is 5.66. The predicted octanol–water partition coefficient (Wildman–Crippen LogP) is 3.94. The number of pyridine rings is 1. The third-order valence-corrected chi connectivity index (χ3v) is 7.27. The molecule has 1 aliphatic rings. The monoisotopic (exact) mass is 575 g/mol. The molecule has 0 radical (unpaired) electrons. The van der Waals surface area contributed by atoms with Gasteiger partial charge >= 0.3 is 0 Å². The van der Waals surface area contributed by atoms with E-state index in [9.17, 15) is 15.3 Å². The number of halogens is 1. The van der Waals surface area contributed by atoms with Gasteiger partial charge in [0, 0.05) is 18.2 Å². The van der Waals surface area contributed by atoms with E-state index in [0.29, 0.717) is 28.3 Å². The summed E-state index contributed by atoms with van der Waals surface area (Å²) in [6, 6.07) is 18.0. The first kappa shape index (κ1) is 27.4. The Labute approximate surface area is 241 Å². The van der Waals surface area contributed by atoms with Crippen molar-refractivity contribution in [1.29, 1.82) is 0 Å². The minimum Gasteiger partial charge on any atom is -0.456 e. The molecule has 0 bridgehead atoms. The van der Waals surface area contributed by atoms with E-state index in [2.05, 4.69) is 20.1 Å². The molecule has 4 heterocycles. The number of aliphatic hydroxyl groups is 3. The number of benzene rings is 2. The Hall–Kier alpha value is -3.80. The average molecular weight is 576 g/mol. The fraction of sp³-hybridized carbons (Fsp3) is 0.300. The number of ether oxygens (including phenoxy) is 2. The number of rotatable bonds is 8. The first-order valence-electron chi connectivity index (χ1n) is 13.3. The van der Waals surface area contributed by atoms with Gasteiger partial charge < -0.3 is 29.8 Å². The lowest BCUT2D eigenvalue weighted by Crippen LogP contribution is -2.36. The van der Waals surface area contributed by atoms with Crippen molar-refractivity contribution in [1.82, 2.24) is 24.7 Å². The Morgan fingerprint density at radius 3 is 2.41 bits per heavy atom. The van der Waals surface area contributed by atoms with Crippen LogP contribution in [0.4, 0.5) is 0 Å². The molecule has 3 atom stereocenters. The van der Waals surface area contributed by atoms with Crippen molar-refractivity contribution in [2.45, 2.75) is 44.2 Å². The van der Waals surface area contributed by atoms with Gasteiger partial charge in [0.15, 0.2) is 11.8 Å². The number of imidazole rings is 1. The van der Waals surface area contributed by atoms with Gasteiger partial charge in [0.2, 0.25) is 0 Å². The summed E-state index contributed by atoms with van der Waals surface area (Å²) >= 11 is 6.59. The molecule has 1 fully saturated rings. The van der Waals surface area contributed by atoms with Crippen LogP contribution in [0.1, 0.15) is 19.4 Å². The number of fused-ring (bicyclic) bond motifs is 1. The zero-order valence-electron chi connectivity index (χ0n) is 22.5. The van der Waals surface area contributed by atoms with Gasteiger partial charge in [-0.2, -0.15) is 10.1 Å². The van der Waals surface area contributed by atoms with Crippen LogP contribution in [0.25, 0.3) is 39.2 Å². The van der Waals surface area contributed by atoms with Crippen LogP contribution < -0.4 is 4.74 Å². The van der Waals surface area contributed by atoms with E-state index in [4.69, 9.17) is 21.1 Å². The molecule has 3 aromatic heterocycles. The standard InChI is InChI=1S/C30H30ClN5O5/c1-30(2,39)12-17-13-32-36(14-17)21-9-7-19(8-10-21)18-3-5-20(6-4-18)26-22(31)11-23-28(34-26)35-29(33-23)41-25-16-40-24(15-37)27(25)38/h3-11,13-14,24-25,27,37-39H,12,15-16H2,1-2H3,(H,33,34,35). The molecular weight excluding hydrogens is 546 g/mol. The molecule has 4 N–H and O–H groups in total. The molecule has 41 heavy (non-hydrogen) atoms. The number of nitrogens with zero attached hydrogens (tertiary/aromatic N) is 4. The lowest BCUT2D eigenvalue weighted by Gasteiger charge is -2.15. The summed E-state index contributed by atoms with van der Waals surface area (Å²) in [5, 5.41) is 34.4. The molecule has 0 amide bonds. The lowest BCUT2D eigenvalue weighted by atomic mass is 10.0. The van der Waals surface area contributed by atoms with Gasteiger partial charge in [0.1, 0.15) is 12.2 Å². The maximum atomic E-state index is 10.2. The van der Waals surface area contributed by atoms with Crippen molar-refractivity contribution in [2.75, 3.05) is 13.2 Å². The summed E-state index contributed by atoms with van der Waals surface area (Å²) in [5.74, 6) is 0. The molecule has 11 heteroatoms. The van der Waals surface area contributed by atoms with Crippen molar-refractivity contribution in [3.8, 4) is 34.1 Å². The smallest absolute Gasteiger partial charge is 0.296 e. The fourth-order valence-electron chi connectivity index (χ4n) is 4.94. The topological polar surface area (TPSA) is 139 Å². The third-order valence-electron chi connectivity index (χ3n) is 6.98. The van der Waals surface area contributed by atoms with Gasteiger partial charge in [0.05, 0.1) is 46.9 Å². The molecule has 10 nitrogen and oxygen atoms in total. The number of aliphatic hydroxyl groups excluding tert-OH is 2. The van der Waals surface area contributed by atoms with Gasteiger partial charge in [-0.1, -0.05) is 48.0 Å². The van der Waals surface area contributed by atoms with Gasteiger partial charge in [-0.05, 0) is 48.7 Å². The zero-order chi connectivity index (χ0) is 28.7. The van der Waals surface area contributed by atoms with Crippen molar-refractivity contribution in [3.05, 3.63) is 77.6 Å². The second-order valence-corrected chi connectivity index (χ2v) is 11.2. The van der Waals surface area contributed by atoms with E-state index in [1.807, 2.05) is 54.7 Å². The Morgan fingerprint density at radius 2 is 1.76 bits per heavy atom. The summed E-state index contributed by atoms with van der Waals surface area (Å²) in [7, 11) is 0. The van der Waals surface area contributed by atoms with Gasteiger partial charge in [0.25, 0.3) is 6.01 Å². The fourth-order valence-corrected chi connectivity index (χ4v) is 5.20. The first-order valence-corrected chi connectivity index (χ1v) is 13.7. The second-order valence-electron chi connectivity index (χ2n) is 10.8. The molecule has 0 saturated carbocycles. The number of nitrogens with one attached hydrogen (secondary N) is 1. The molecule has 1 aliphatic heterocycles. The Bertz CT molecular complexity index is 1660. The molecule has 2 aromatic carbocycles. The second kappa shape index (κ2) is 10.9. The molecule has 0 spiro atoms. The molecule has 1 saturated heterocycles. The number of aromatic amines is 1. The summed E-state index contributed by atoms with van der Waals surface area (Å²) in [4.78, 5) is 12.1. The highest BCUT2D eigenvalue weighted by molar-refractivity contribution is 6.33. The first-order chi connectivity index (χ1) is 19.7. The molecular formula is C30H30ClN5O5. The van der Waals surface area contributed by atoms with E-state index < -0.39 is 23.9 Å². The number of hydrogen-bond donors (Lipinski definition) is 4. The number of hydrogen-bond acceptors (Lipinski definition) is 8. The summed E-state index contributed by atoms with van der Waals surface area (Å²) in [6.45, 7) is 3.42. The lowest BCUT2D eigenvalue weighted by molar-refractivity contribution is -0.00390. The number of aromatic nitrogens is 5. The van der Waals surface area contributed by atoms with E-state index in [-0.39, 0.29) is 19.2 Å². The van der Waals surface area contributed by atoms with Crippen LogP contribution in [0.15, 0.2) is 67.0 Å². The average Bonchev–Trinajstić information content (AvgIpc) is 3.66. The number of H-pyrrole nitrogens is 1. The van der Waals surface area contributed by atoms with E-state index in [1.165, 1.54) is 0 Å². The third kappa shape index (κ3) is 5.83. The van der Waals surface area contributed by atoms with E-state index in [1.54, 1.807) is 30.8 Å². The van der Waals surface area contributed by atoms with Crippen LogP contribution in [0.3, 0.4) is 0 Å². The Balaban J connectivity index is 1.17. The van der Waals surface area contributed by atoms with Gasteiger partial charge in [-0.25, -0.2) is 9.67 Å². The van der Waals surface area contributed by atoms with E-state index in [0.717, 1.165) is 27.9 Å². The minimum absolute atomic E-state index is 0.144. The largest absolute Gasteiger partial charge is 0.456 e. The van der Waals surface area contributed by atoms with Crippen LogP contribution in [-0.4, -0.2) is 77.2 Å². The van der Waals surface area contributed by atoms with Crippen LogP contribution in [0.5, 0.6) is 6.01 Å². The minimum atomic E-state index is -0.960. The highest BCUT2D eigenvalue weighted by Crippen LogP contribution is 2.32. The Morgan fingerprint density at radius 1 is 1.07 bits per heavy atom. The van der Waals surface area contributed by atoms with Gasteiger partial charge in [-0.15, -0.1) is 0 Å². The SMILES string of the molecule is CC(C)(O)Cc1cnn(-c2ccc(-c3ccc(-c4nc5nc(OC6COC(CO)C6O)[nH]c5cc4Cl)cc3)cc2)c1. The molecule has 212 valence electrons. The van der Waals surface area contributed by atoms with Crippen LogP contribution in [0.2, 0.25) is 5.02 Å². The quantitative estimate of drug-likeness (QED) is 0.218. The highest BCUT2D eigenvalue weighted by atomic mass is 35.5. The van der Waals surface area contributed by atoms with Crippen LogP contribution in [0, 0.1) is 0 Å². The zero-order valence-corrected chi connectivity index (χ0v) is 23.3. The van der Waals surface area contributed by atoms with Crippen LogP contribution in [-0.2, 0) is 11.2 Å². The highest BCUT2D eigenvalue weighted by Gasteiger charge is 2.37. The molecule has 3 unspecified atom stereocenters. The van der Waals surface area contributed by atoms with Crippen molar-refractivity contribution >= 4 is 22.8 Å².